The fourth-order valence-corrected chi connectivity index (χ4v) is 2.02. The third-order valence-corrected chi connectivity index (χ3v) is 3.35. The molecule has 0 atom stereocenters. The molecule has 16 heavy (non-hydrogen) atoms. The average Bonchev–Trinajstić information content (AvgIpc) is 3.05. The van der Waals surface area contributed by atoms with Gasteiger partial charge in [-0.3, -0.25) is 4.98 Å². The van der Waals surface area contributed by atoms with Crippen LogP contribution in [0.25, 0.3) is 10.9 Å². The molecule has 3 rings (SSSR count). The highest BCUT2D eigenvalue weighted by molar-refractivity contribution is 5.78. The van der Waals surface area contributed by atoms with E-state index in [1.165, 1.54) is 10.9 Å². The van der Waals surface area contributed by atoms with Gasteiger partial charge in [-0.1, -0.05) is 18.2 Å². The topological polar surface area (TPSA) is 33.1 Å². The Balaban J connectivity index is 1.81. The Hall–Kier alpha value is -1.41. The van der Waals surface area contributed by atoms with E-state index in [-0.39, 0.29) is 5.60 Å². The summed E-state index contributed by atoms with van der Waals surface area (Å²) in [4.78, 5) is 4.42. The molecule has 0 aliphatic heterocycles. The number of hydrogen-bond acceptors (Lipinski definition) is 2. The van der Waals surface area contributed by atoms with Crippen LogP contribution < -0.4 is 0 Å². The molecule has 1 aliphatic carbocycles. The first-order valence-electron chi connectivity index (χ1n) is 5.81. The second-order valence-corrected chi connectivity index (χ2v) is 4.76. The monoisotopic (exact) mass is 213 g/mol. The van der Waals surface area contributed by atoms with Crippen LogP contribution in [0.1, 0.15) is 24.8 Å². The molecule has 0 bridgehead atoms. The third kappa shape index (κ3) is 1.93. The second kappa shape index (κ2) is 3.56. The SMILES string of the molecule is OC1(CCc2cnc3ccccc3c2)CC1. The standard InChI is InChI=1S/C14H15NO/c16-14(7-8-14)6-5-11-9-12-3-1-2-4-13(12)15-10-11/h1-4,9-10,16H,5-8H2. The van der Waals surface area contributed by atoms with E-state index in [0.717, 1.165) is 31.2 Å². The zero-order valence-corrected chi connectivity index (χ0v) is 9.19. The zero-order chi connectivity index (χ0) is 11.0. The second-order valence-electron chi connectivity index (χ2n) is 4.76. The molecule has 1 aromatic heterocycles. The number of aromatic nitrogens is 1. The number of aryl methyl sites for hydroxylation is 1. The van der Waals surface area contributed by atoms with Gasteiger partial charge in [-0.05, 0) is 43.4 Å². The summed E-state index contributed by atoms with van der Waals surface area (Å²) in [7, 11) is 0. The molecule has 1 N–H and O–H groups in total. The molecule has 82 valence electrons. The molecule has 1 aromatic carbocycles. The fraction of sp³-hybridized carbons (Fsp3) is 0.357. The first kappa shape index (κ1) is 9.79. The highest BCUT2D eigenvalue weighted by Crippen LogP contribution is 2.39. The van der Waals surface area contributed by atoms with E-state index in [2.05, 4.69) is 17.1 Å². The van der Waals surface area contributed by atoms with Crippen LogP contribution >= 0.6 is 0 Å². The molecule has 0 saturated heterocycles. The minimum absolute atomic E-state index is 0.356. The van der Waals surface area contributed by atoms with Crippen LogP contribution in [0.2, 0.25) is 0 Å². The van der Waals surface area contributed by atoms with E-state index in [4.69, 9.17) is 0 Å². The Morgan fingerprint density at radius 2 is 2.06 bits per heavy atom. The molecule has 2 nitrogen and oxygen atoms in total. The summed E-state index contributed by atoms with van der Waals surface area (Å²) in [6, 6.07) is 10.3. The minimum Gasteiger partial charge on any atom is -0.390 e. The van der Waals surface area contributed by atoms with Gasteiger partial charge in [0.15, 0.2) is 0 Å². The lowest BCUT2D eigenvalue weighted by atomic mass is 10.1. The van der Waals surface area contributed by atoms with Gasteiger partial charge in [0.05, 0.1) is 11.1 Å². The van der Waals surface area contributed by atoms with Crippen molar-refractivity contribution >= 4 is 10.9 Å². The molecule has 1 saturated carbocycles. The summed E-state index contributed by atoms with van der Waals surface area (Å²) in [5, 5.41) is 11.0. The van der Waals surface area contributed by atoms with E-state index in [1.807, 2.05) is 24.4 Å². The largest absolute Gasteiger partial charge is 0.390 e. The maximum atomic E-state index is 9.78. The fourth-order valence-electron chi connectivity index (χ4n) is 2.02. The van der Waals surface area contributed by atoms with Gasteiger partial charge in [-0.15, -0.1) is 0 Å². The molecule has 2 heteroatoms. The first-order valence-corrected chi connectivity index (χ1v) is 5.81. The average molecular weight is 213 g/mol. The van der Waals surface area contributed by atoms with Crippen LogP contribution in [0, 0.1) is 0 Å². The molecule has 1 aliphatic rings. The Morgan fingerprint density at radius 3 is 2.88 bits per heavy atom. The zero-order valence-electron chi connectivity index (χ0n) is 9.19. The summed E-state index contributed by atoms with van der Waals surface area (Å²) >= 11 is 0. The van der Waals surface area contributed by atoms with Gasteiger partial charge < -0.3 is 5.11 Å². The van der Waals surface area contributed by atoms with Crippen LogP contribution in [0.15, 0.2) is 36.5 Å². The van der Waals surface area contributed by atoms with Crippen LogP contribution in [-0.4, -0.2) is 15.7 Å². The summed E-state index contributed by atoms with van der Waals surface area (Å²) in [6.45, 7) is 0. The Labute approximate surface area is 94.9 Å². The van der Waals surface area contributed by atoms with Crippen LogP contribution in [-0.2, 0) is 6.42 Å². The molecule has 1 fully saturated rings. The van der Waals surface area contributed by atoms with Gasteiger partial charge in [0.1, 0.15) is 0 Å². The quantitative estimate of drug-likeness (QED) is 0.850. The number of para-hydroxylation sites is 1. The number of rotatable bonds is 3. The van der Waals surface area contributed by atoms with Gasteiger partial charge in [-0.25, -0.2) is 0 Å². The minimum atomic E-state index is -0.356. The summed E-state index contributed by atoms with van der Waals surface area (Å²) in [6.07, 6.45) is 5.65. The highest BCUT2D eigenvalue weighted by atomic mass is 16.3. The molecule has 1 heterocycles. The molecule has 0 spiro atoms. The number of nitrogens with zero attached hydrogens (tertiary/aromatic N) is 1. The molecule has 2 aromatic rings. The van der Waals surface area contributed by atoms with Crippen molar-refractivity contribution in [1.29, 1.82) is 0 Å². The highest BCUT2D eigenvalue weighted by Gasteiger charge is 2.39. The maximum Gasteiger partial charge on any atom is 0.0702 e. The van der Waals surface area contributed by atoms with Crippen LogP contribution in [0.4, 0.5) is 0 Å². The van der Waals surface area contributed by atoms with Crippen molar-refractivity contribution in [1.82, 2.24) is 4.98 Å². The Bertz CT molecular complexity index is 517. The molecular weight excluding hydrogens is 198 g/mol. The van der Waals surface area contributed by atoms with E-state index in [0.29, 0.717) is 0 Å². The summed E-state index contributed by atoms with van der Waals surface area (Å²) in [5.74, 6) is 0. The Kier molecular flexibility index (Phi) is 2.18. The van der Waals surface area contributed by atoms with Crippen LogP contribution in [0.5, 0.6) is 0 Å². The van der Waals surface area contributed by atoms with Crippen molar-refractivity contribution < 1.29 is 5.11 Å². The van der Waals surface area contributed by atoms with Crippen molar-refractivity contribution in [3.63, 3.8) is 0 Å². The molecule has 0 unspecified atom stereocenters. The van der Waals surface area contributed by atoms with E-state index in [1.54, 1.807) is 0 Å². The Morgan fingerprint density at radius 1 is 1.25 bits per heavy atom. The predicted molar refractivity (Wildman–Crippen MR) is 64.2 cm³/mol. The number of pyridine rings is 1. The smallest absolute Gasteiger partial charge is 0.0702 e. The van der Waals surface area contributed by atoms with E-state index < -0.39 is 0 Å². The van der Waals surface area contributed by atoms with Crippen molar-refractivity contribution in [3.8, 4) is 0 Å². The van der Waals surface area contributed by atoms with Crippen molar-refractivity contribution in [2.45, 2.75) is 31.3 Å². The van der Waals surface area contributed by atoms with Gasteiger partial charge in [0.25, 0.3) is 0 Å². The van der Waals surface area contributed by atoms with Crippen molar-refractivity contribution in [3.05, 3.63) is 42.1 Å². The third-order valence-electron chi connectivity index (χ3n) is 3.35. The summed E-state index contributed by atoms with van der Waals surface area (Å²) in [5.41, 5.74) is 1.90. The van der Waals surface area contributed by atoms with Gasteiger partial charge in [0.2, 0.25) is 0 Å². The normalized spacial score (nSPS) is 17.6. The van der Waals surface area contributed by atoms with Crippen molar-refractivity contribution in [2.24, 2.45) is 0 Å². The van der Waals surface area contributed by atoms with Gasteiger partial charge in [-0.2, -0.15) is 0 Å². The maximum absolute atomic E-state index is 9.78. The lowest BCUT2D eigenvalue weighted by Crippen LogP contribution is -2.07. The van der Waals surface area contributed by atoms with E-state index >= 15 is 0 Å². The summed E-state index contributed by atoms with van der Waals surface area (Å²) < 4.78 is 0. The number of fused-ring (bicyclic) bond motifs is 1. The lowest BCUT2D eigenvalue weighted by molar-refractivity contribution is 0.140. The molecular formula is C14H15NO. The number of benzene rings is 1. The first-order chi connectivity index (χ1) is 7.75. The van der Waals surface area contributed by atoms with E-state index in [9.17, 15) is 5.11 Å². The molecule has 0 radical (unpaired) electrons. The van der Waals surface area contributed by atoms with Crippen molar-refractivity contribution in [2.75, 3.05) is 0 Å². The van der Waals surface area contributed by atoms with Crippen LogP contribution in [0.3, 0.4) is 0 Å². The van der Waals surface area contributed by atoms with Gasteiger partial charge >= 0.3 is 0 Å². The molecule has 0 amide bonds. The van der Waals surface area contributed by atoms with Gasteiger partial charge in [0, 0.05) is 11.6 Å². The number of aliphatic hydroxyl groups is 1. The lowest BCUT2D eigenvalue weighted by Gasteiger charge is -2.07. The predicted octanol–water partition coefficient (Wildman–Crippen LogP) is 2.69. The number of hydrogen-bond donors (Lipinski definition) is 1.